The largest absolute Gasteiger partial charge is 0.385 e. The molecule has 0 atom stereocenters. The maximum Gasteiger partial charge on any atom is 0.256 e. The first-order chi connectivity index (χ1) is 10.0. The summed E-state index contributed by atoms with van der Waals surface area (Å²) in [4.78, 5) is 14.1. The van der Waals surface area contributed by atoms with Gasteiger partial charge in [-0.3, -0.25) is 4.79 Å². The van der Waals surface area contributed by atoms with Crippen LogP contribution in [0.25, 0.3) is 0 Å². The van der Waals surface area contributed by atoms with Crippen LogP contribution in [0.3, 0.4) is 0 Å². The van der Waals surface area contributed by atoms with Gasteiger partial charge >= 0.3 is 0 Å². The van der Waals surface area contributed by atoms with Crippen LogP contribution in [0.5, 0.6) is 0 Å². The molecule has 1 amide bonds. The summed E-state index contributed by atoms with van der Waals surface area (Å²) in [6.45, 7) is 2.50. The van der Waals surface area contributed by atoms with Crippen molar-refractivity contribution in [2.75, 3.05) is 19.4 Å². The van der Waals surface area contributed by atoms with Gasteiger partial charge in [0.15, 0.2) is 0 Å². The summed E-state index contributed by atoms with van der Waals surface area (Å²) < 4.78 is 13.7. The summed E-state index contributed by atoms with van der Waals surface area (Å²) in [7, 11) is 3.32. The lowest BCUT2D eigenvalue weighted by molar-refractivity contribution is 0.0785. The minimum Gasteiger partial charge on any atom is -0.385 e. The van der Waals surface area contributed by atoms with Crippen molar-refractivity contribution in [3.63, 3.8) is 0 Å². The molecule has 3 nitrogen and oxygen atoms in total. The zero-order chi connectivity index (χ0) is 15.4. The summed E-state index contributed by atoms with van der Waals surface area (Å²) in [5.74, 6) is -0.632. The highest BCUT2D eigenvalue weighted by molar-refractivity contribution is 5.99. The van der Waals surface area contributed by atoms with Gasteiger partial charge in [0.2, 0.25) is 0 Å². The van der Waals surface area contributed by atoms with Crippen molar-refractivity contribution in [3.05, 3.63) is 65.0 Å². The third-order valence-electron chi connectivity index (χ3n) is 3.34. The smallest absolute Gasteiger partial charge is 0.256 e. The van der Waals surface area contributed by atoms with Crippen LogP contribution >= 0.6 is 0 Å². The molecule has 0 heterocycles. The Morgan fingerprint density at radius 1 is 1.24 bits per heavy atom. The van der Waals surface area contributed by atoms with Crippen LogP contribution < -0.4 is 5.32 Å². The molecule has 21 heavy (non-hydrogen) atoms. The van der Waals surface area contributed by atoms with E-state index < -0.39 is 5.82 Å². The summed E-state index contributed by atoms with van der Waals surface area (Å²) in [5.41, 5.74) is 2.77. The number of amides is 1. The molecule has 110 valence electrons. The van der Waals surface area contributed by atoms with Crippen molar-refractivity contribution in [3.8, 4) is 0 Å². The number of carbonyl (C=O) groups is 1. The standard InChI is InChI=1S/C17H19FN2O/c1-12-6-4-7-13(10-12)11-20(3)17(21)14-8-5-9-15(18)16(14)19-2/h4-10,19H,11H2,1-3H3. The van der Waals surface area contributed by atoms with Gasteiger partial charge in [-0.25, -0.2) is 4.39 Å². The number of nitrogens with zero attached hydrogens (tertiary/aromatic N) is 1. The maximum atomic E-state index is 13.7. The minimum atomic E-state index is -0.424. The summed E-state index contributed by atoms with van der Waals surface area (Å²) in [6, 6.07) is 12.5. The number of rotatable bonds is 4. The number of para-hydroxylation sites is 1. The van der Waals surface area contributed by atoms with Crippen molar-refractivity contribution < 1.29 is 9.18 Å². The predicted molar refractivity (Wildman–Crippen MR) is 82.9 cm³/mol. The van der Waals surface area contributed by atoms with Crippen LogP contribution in [0.1, 0.15) is 21.5 Å². The van der Waals surface area contributed by atoms with E-state index in [1.165, 1.54) is 6.07 Å². The highest BCUT2D eigenvalue weighted by atomic mass is 19.1. The molecular weight excluding hydrogens is 267 g/mol. The van der Waals surface area contributed by atoms with Crippen LogP contribution in [-0.2, 0) is 6.54 Å². The second-order valence-corrected chi connectivity index (χ2v) is 5.06. The van der Waals surface area contributed by atoms with Gasteiger partial charge in [0.1, 0.15) is 5.82 Å². The second-order valence-electron chi connectivity index (χ2n) is 5.06. The molecule has 0 aliphatic heterocycles. The number of halogens is 1. The topological polar surface area (TPSA) is 32.3 Å². The first kappa shape index (κ1) is 15.0. The van der Waals surface area contributed by atoms with Crippen LogP contribution in [0.4, 0.5) is 10.1 Å². The van der Waals surface area contributed by atoms with E-state index in [-0.39, 0.29) is 11.6 Å². The van der Waals surface area contributed by atoms with Crippen LogP contribution in [0.2, 0.25) is 0 Å². The molecular formula is C17H19FN2O. The minimum absolute atomic E-state index is 0.208. The van der Waals surface area contributed by atoms with Crippen LogP contribution in [0.15, 0.2) is 42.5 Å². The number of nitrogens with one attached hydrogen (secondary N) is 1. The Hall–Kier alpha value is -2.36. The Balaban J connectivity index is 2.22. The fraction of sp³-hybridized carbons (Fsp3) is 0.235. The Morgan fingerprint density at radius 3 is 2.62 bits per heavy atom. The zero-order valence-electron chi connectivity index (χ0n) is 12.5. The van der Waals surface area contributed by atoms with E-state index in [4.69, 9.17) is 0 Å². The molecule has 0 aromatic heterocycles. The zero-order valence-corrected chi connectivity index (χ0v) is 12.5. The summed E-state index contributed by atoms with van der Waals surface area (Å²) in [5, 5.41) is 2.75. The van der Waals surface area contributed by atoms with E-state index in [9.17, 15) is 9.18 Å². The number of anilines is 1. The fourth-order valence-corrected chi connectivity index (χ4v) is 2.32. The van der Waals surface area contributed by atoms with Gasteiger partial charge in [-0.1, -0.05) is 35.9 Å². The molecule has 0 aliphatic rings. The number of hydrogen-bond donors (Lipinski definition) is 1. The second kappa shape index (κ2) is 6.39. The molecule has 0 fully saturated rings. The fourth-order valence-electron chi connectivity index (χ4n) is 2.32. The first-order valence-electron chi connectivity index (χ1n) is 6.80. The number of aryl methyl sites for hydroxylation is 1. The summed E-state index contributed by atoms with van der Waals surface area (Å²) >= 11 is 0. The van der Waals surface area contributed by atoms with E-state index in [0.717, 1.165) is 11.1 Å². The average Bonchev–Trinajstić information content (AvgIpc) is 2.46. The normalized spacial score (nSPS) is 10.3. The van der Waals surface area contributed by atoms with E-state index in [2.05, 4.69) is 5.32 Å². The lowest BCUT2D eigenvalue weighted by Crippen LogP contribution is -2.27. The molecule has 2 aromatic rings. The van der Waals surface area contributed by atoms with Crippen molar-refractivity contribution in [1.29, 1.82) is 0 Å². The summed E-state index contributed by atoms with van der Waals surface area (Å²) in [6.07, 6.45) is 0. The van der Waals surface area contributed by atoms with Gasteiger partial charge < -0.3 is 10.2 Å². The van der Waals surface area contributed by atoms with E-state index in [0.29, 0.717) is 12.1 Å². The van der Waals surface area contributed by atoms with Crippen LogP contribution in [-0.4, -0.2) is 24.9 Å². The van der Waals surface area contributed by atoms with Gasteiger partial charge in [0.05, 0.1) is 11.3 Å². The Kier molecular flexibility index (Phi) is 4.58. The highest BCUT2D eigenvalue weighted by Crippen LogP contribution is 2.21. The third kappa shape index (κ3) is 3.40. The SMILES string of the molecule is CNc1c(F)cccc1C(=O)N(C)Cc1cccc(C)c1. The third-order valence-corrected chi connectivity index (χ3v) is 3.34. The van der Waals surface area contributed by atoms with Crippen molar-refractivity contribution in [2.24, 2.45) is 0 Å². The molecule has 0 saturated heterocycles. The van der Waals surface area contributed by atoms with Crippen molar-refractivity contribution in [2.45, 2.75) is 13.5 Å². The molecule has 0 saturated carbocycles. The van der Waals surface area contributed by atoms with Crippen molar-refractivity contribution in [1.82, 2.24) is 4.90 Å². The van der Waals surface area contributed by atoms with Gasteiger partial charge in [0.25, 0.3) is 5.91 Å². The first-order valence-corrected chi connectivity index (χ1v) is 6.80. The van der Waals surface area contributed by atoms with E-state index >= 15 is 0 Å². The quantitative estimate of drug-likeness (QED) is 0.933. The molecule has 0 aliphatic carbocycles. The number of benzene rings is 2. The molecule has 0 bridgehead atoms. The van der Waals surface area contributed by atoms with Gasteiger partial charge in [-0.15, -0.1) is 0 Å². The monoisotopic (exact) mass is 286 g/mol. The van der Waals surface area contributed by atoms with E-state index in [1.54, 1.807) is 31.1 Å². The molecule has 4 heteroatoms. The molecule has 0 radical (unpaired) electrons. The Morgan fingerprint density at radius 2 is 1.95 bits per heavy atom. The molecule has 0 spiro atoms. The molecule has 2 aromatic carbocycles. The predicted octanol–water partition coefficient (Wildman–Crippen LogP) is 3.45. The van der Waals surface area contributed by atoms with E-state index in [1.807, 2.05) is 31.2 Å². The lowest BCUT2D eigenvalue weighted by atomic mass is 10.1. The van der Waals surface area contributed by atoms with Crippen LogP contribution in [0, 0.1) is 12.7 Å². The number of hydrogen-bond acceptors (Lipinski definition) is 2. The van der Waals surface area contributed by atoms with Gasteiger partial charge in [0, 0.05) is 20.6 Å². The maximum absolute atomic E-state index is 13.7. The highest BCUT2D eigenvalue weighted by Gasteiger charge is 2.17. The number of carbonyl (C=O) groups excluding carboxylic acids is 1. The van der Waals surface area contributed by atoms with Gasteiger partial charge in [-0.2, -0.15) is 0 Å². The Labute approximate surface area is 124 Å². The lowest BCUT2D eigenvalue weighted by Gasteiger charge is -2.19. The van der Waals surface area contributed by atoms with Crippen molar-refractivity contribution >= 4 is 11.6 Å². The van der Waals surface area contributed by atoms with Gasteiger partial charge in [-0.05, 0) is 24.6 Å². The Bertz CT molecular complexity index is 655. The molecule has 2 rings (SSSR count). The molecule has 1 N–H and O–H groups in total. The average molecular weight is 286 g/mol. The molecule has 0 unspecified atom stereocenters.